The van der Waals surface area contributed by atoms with Gasteiger partial charge < -0.3 is 15.0 Å². The highest BCUT2D eigenvalue weighted by molar-refractivity contribution is 7.80. The SMILES string of the molecule is Fc1ccc(NC(=S)N(Cc2ccccc2Cl)CC2CCCO2)cc1Cl. The third kappa shape index (κ3) is 5.07. The number of nitrogens with one attached hydrogen (secondary N) is 1. The van der Waals surface area contributed by atoms with Gasteiger partial charge in [-0.05, 0) is 54.9 Å². The van der Waals surface area contributed by atoms with E-state index in [1.807, 2.05) is 29.2 Å². The van der Waals surface area contributed by atoms with Crippen molar-refractivity contribution in [2.24, 2.45) is 0 Å². The molecule has 1 heterocycles. The average molecular weight is 413 g/mol. The molecule has 26 heavy (non-hydrogen) atoms. The molecule has 3 rings (SSSR count). The van der Waals surface area contributed by atoms with Gasteiger partial charge in [0.15, 0.2) is 5.11 Å². The van der Waals surface area contributed by atoms with E-state index in [2.05, 4.69) is 5.32 Å². The topological polar surface area (TPSA) is 24.5 Å². The van der Waals surface area contributed by atoms with Crippen molar-refractivity contribution in [2.75, 3.05) is 18.5 Å². The molecule has 138 valence electrons. The van der Waals surface area contributed by atoms with Gasteiger partial charge in [0, 0.05) is 30.4 Å². The summed E-state index contributed by atoms with van der Waals surface area (Å²) in [5.41, 5.74) is 1.62. The molecule has 0 aromatic heterocycles. The summed E-state index contributed by atoms with van der Waals surface area (Å²) >= 11 is 17.8. The fourth-order valence-electron chi connectivity index (χ4n) is 2.86. The molecule has 0 aliphatic carbocycles. The first-order valence-electron chi connectivity index (χ1n) is 8.39. The predicted octanol–water partition coefficient (Wildman–Crippen LogP) is 5.51. The average Bonchev–Trinajstić information content (AvgIpc) is 3.12. The van der Waals surface area contributed by atoms with Gasteiger partial charge in [0.2, 0.25) is 0 Å². The van der Waals surface area contributed by atoms with E-state index in [1.165, 1.54) is 12.1 Å². The Morgan fingerprint density at radius 2 is 2.04 bits per heavy atom. The van der Waals surface area contributed by atoms with Crippen molar-refractivity contribution >= 4 is 46.2 Å². The number of thiocarbonyl (C=S) groups is 1. The van der Waals surface area contributed by atoms with Crippen LogP contribution in [0.2, 0.25) is 10.0 Å². The fourth-order valence-corrected chi connectivity index (χ4v) is 3.50. The molecular weight excluding hydrogens is 394 g/mol. The predicted molar refractivity (Wildman–Crippen MR) is 108 cm³/mol. The van der Waals surface area contributed by atoms with Gasteiger partial charge in [-0.25, -0.2) is 4.39 Å². The van der Waals surface area contributed by atoms with Crippen LogP contribution in [-0.2, 0) is 11.3 Å². The summed E-state index contributed by atoms with van der Waals surface area (Å²) in [6, 6.07) is 12.1. The lowest BCUT2D eigenvalue weighted by Crippen LogP contribution is -2.39. The summed E-state index contributed by atoms with van der Waals surface area (Å²) in [4.78, 5) is 2.02. The van der Waals surface area contributed by atoms with Crippen molar-refractivity contribution in [2.45, 2.75) is 25.5 Å². The van der Waals surface area contributed by atoms with E-state index in [9.17, 15) is 4.39 Å². The zero-order valence-corrected chi connectivity index (χ0v) is 16.4. The van der Waals surface area contributed by atoms with Crippen molar-refractivity contribution in [3.63, 3.8) is 0 Å². The first-order chi connectivity index (χ1) is 12.5. The lowest BCUT2D eigenvalue weighted by molar-refractivity contribution is 0.0905. The summed E-state index contributed by atoms with van der Waals surface area (Å²) in [6.45, 7) is 1.99. The molecule has 1 saturated heterocycles. The van der Waals surface area contributed by atoms with Crippen LogP contribution in [0.1, 0.15) is 18.4 Å². The highest BCUT2D eigenvalue weighted by Crippen LogP contribution is 2.22. The molecule has 1 atom stereocenters. The number of halogens is 3. The number of nitrogens with zero attached hydrogens (tertiary/aromatic N) is 1. The van der Waals surface area contributed by atoms with Gasteiger partial charge in [-0.2, -0.15) is 0 Å². The van der Waals surface area contributed by atoms with Gasteiger partial charge in [0.05, 0.1) is 11.1 Å². The van der Waals surface area contributed by atoms with Crippen LogP contribution in [0.4, 0.5) is 10.1 Å². The summed E-state index contributed by atoms with van der Waals surface area (Å²) in [7, 11) is 0. The molecular formula is C19H19Cl2FN2OS. The normalized spacial score (nSPS) is 16.5. The molecule has 1 N–H and O–H groups in total. The van der Waals surface area contributed by atoms with Crippen molar-refractivity contribution in [3.8, 4) is 0 Å². The van der Waals surface area contributed by atoms with Crippen LogP contribution in [-0.4, -0.2) is 29.3 Å². The van der Waals surface area contributed by atoms with Gasteiger partial charge in [0.1, 0.15) is 5.82 Å². The lowest BCUT2D eigenvalue weighted by atomic mass is 10.2. The highest BCUT2D eigenvalue weighted by atomic mass is 35.5. The summed E-state index contributed by atoms with van der Waals surface area (Å²) < 4.78 is 19.1. The highest BCUT2D eigenvalue weighted by Gasteiger charge is 2.22. The Balaban J connectivity index is 1.75. The van der Waals surface area contributed by atoms with Crippen molar-refractivity contribution < 1.29 is 9.13 Å². The Morgan fingerprint density at radius 1 is 1.23 bits per heavy atom. The molecule has 2 aromatic rings. The molecule has 1 aliphatic rings. The minimum atomic E-state index is -0.463. The molecule has 3 nitrogen and oxygen atoms in total. The number of anilines is 1. The van der Waals surface area contributed by atoms with Crippen molar-refractivity contribution in [1.29, 1.82) is 0 Å². The lowest BCUT2D eigenvalue weighted by Gasteiger charge is -2.28. The molecule has 1 unspecified atom stereocenters. The second kappa shape index (κ2) is 9.00. The van der Waals surface area contributed by atoms with Gasteiger partial charge in [-0.1, -0.05) is 41.4 Å². The second-order valence-corrected chi connectivity index (χ2v) is 7.37. The molecule has 0 spiro atoms. The standard InChI is InChI=1S/C19H19Cl2FN2OS/c20-16-6-2-1-4-13(16)11-24(12-15-5-3-9-25-15)19(26)23-14-7-8-18(22)17(21)10-14/h1-2,4,6-8,10,15H,3,5,9,11-12H2,(H,23,26). The zero-order chi connectivity index (χ0) is 18.5. The molecule has 0 radical (unpaired) electrons. The van der Waals surface area contributed by atoms with E-state index in [4.69, 9.17) is 40.2 Å². The van der Waals surface area contributed by atoms with E-state index in [1.54, 1.807) is 6.07 Å². The maximum absolute atomic E-state index is 13.4. The van der Waals surface area contributed by atoms with Crippen LogP contribution in [0.3, 0.4) is 0 Å². The van der Waals surface area contributed by atoms with Crippen molar-refractivity contribution in [3.05, 3.63) is 63.9 Å². The van der Waals surface area contributed by atoms with Crippen molar-refractivity contribution in [1.82, 2.24) is 4.90 Å². The van der Waals surface area contributed by atoms with E-state index in [0.29, 0.717) is 28.9 Å². The van der Waals surface area contributed by atoms with Gasteiger partial charge in [0.25, 0.3) is 0 Å². The quantitative estimate of drug-likeness (QED) is 0.654. The molecule has 1 aliphatic heterocycles. The van der Waals surface area contributed by atoms with Crippen LogP contribution in [0.5, 0.6) is 0 Å². The Bertz CT molecular complexity index is 784. The number of benzene rings is 2. The Labute approximate surface area is 168 Å². The first-order valence-corrected chi connectivity index (χ1v) is 9.55. The minimum Gasteiger partial charge on any atom is -0.376 e. The molecule has 7 heteroatoms. The molecule has 0 saturated carbocycles. The van der Waals surface area contributed by atoms with Gasteiger partial charge in [-0.3, -0.25) is 0 Å². The maximum atomic E-state index is 13.4. The Morgan fingerprint density at radius 3 is 2.73 bits per heavy atom. The Kier molecular flexibility index (Phi) is 6.70. The third-order valence-electron chi connectivity index (χ3n) is 4.23. The van der Waals surface area contributed by atoms with E-state index < -0.39 is 5.82 Å². The monoisotopic (exact) mass is 412 g/mol. The third-order valence-corrected chi connectivity index (χ3v) is 5.24. The number of hydrogen-bond acceptors (Lipinski definition) is 2. The van der Waals surface area contributed by atoms with Crippen LogP contribution in [0, 0.1) is 5.82 Å². The van der Waals surface area contributed by atoms with Crippen LogP contribution in [0.25, 0.3) is 0 Å². The number of ether oxygens (including phenoxy) is 1. The summed E-state index contributed by atoms with van der Waals surface area (Å²) in [6.07, 6.45) is 2.19. The largest absolute Gasteiger partial charge is 0.376 e. The van der Waals surface area contributed by atoms with Gasteiger partial charge in [-0.15, -0.1) is 0 Å². The number of rotatable bonds is 5. The van der Waals surface area contributed by atoms with Crippen LogP contribution < -0.4 is 5.32 Å². The van der Waals surface area contributed by atoms with E-state index >= 15 is 0 Å². The summed E-state index contributed by atoms with van der Waals surface area (Å²) in [5.74, 6) is -0.463. The van der Waals surface area contributed by atoms with E-state index in [0.717, 1.165) is 25.0 Å². The number of hydrogen-bond donors (Lipinski definition) is 1. The zero-order valence-electron chi connectivity index (χ0n) is 14.1. The summed E-state index contributed by atoms with van der Waals surface area (Å²) in [5, 5.41) is 4.39. The smallest absolute Gasteiger partial charge is 0.173 e. The molecule has 0 amide bonds. The van der Waals surface area contributed by atoms with Crippen LogP contribution in [0.15, 0.2) is 42.5 Å². The molecule has 0 bridgehead atoms. The first kappa shape index (κ1) is 19.4. The molecule has 1 fully saturated rings. The van der Waals surface area contributed by atoms with Gasteiger partial charge >= 0.3 is 0 Å². The fraction of sp³-hybridized carbons (Fsp3) is 0.316. The second-order valence-electron chi connectivity index (χ2n) is 6.17. The maximum Gasteiger partial charge on any atom is 0.173 e. The van der Waals surface area contributed by atoms with Crippen LogP contribution >= 0.6 is 35.4 Å². The molecule has 2 aromatic carbocycles. The van der Waals surface area contributed by atoms with E-state index in [-0.39, 0.29) is 11.1 Å². The minimum absolute atomic E-state index is 0.0505. The Hall–Kier alpha value is -1.40.